The summed E-state index contributed by atoms with van der Waals surface area (Å²) < 4.78 is 0. The molecule has 0 aliphatic carbocycles. The van der Waals surface area contributed by atoms with Crippen LogP contribution in [0, 0.1) is 0 Å². The molecule has 4 rings (SSSR count). The molecule has 1 heterocycles. The number of hydrogen-bond donors (Lipinski definition) is 1. The minimum atomic E-state index is -0.387. The van der Waals surface area contributed by atoms with Crippen molar-refractivity contribution in [2.45, 2.75) is 32.2 Å². The average molecular weight is 399 g/mol. The second-order valence-electron chi connectivity index (χ2n) is 7.65. The van der Waals surface area contributed by atoms with Crippen LogP contribution >= 0.6 is 0 Å². The standard InChI is InChI=1S/C26H26N2O2/c1-2-24(29)28-16-15-19-13-14-23(17-22(19)18-28)27-26(30)25(20-9-5-3-6-10-20)21-11-7-4-8-12-21/h3-14,17,25H,2,15-16,18H2,1H3,(H,27,30). The van der Waals surface area contributed by atoms with Crippen LogP contribution in [-0.4, -0.2) is 23.3 Å². The van der Waals surface area contributed by atoms with Crippen LogP contribution in [0.5, 0.6) is 0 Å². The zero-order valence-corrected chi connectivity index (χ0v) is 17.2. The van der Waals surface area contributed by atoms with E-state index in [1.165, 1.54) is 5.56 Å². The van der Waals surface area contributed by atoms with Crippen molar-refractivity contribution in [3.63, 3.8) is 0 Å². The van der Waals surface area contributed by atoms with Gasteiger partial charge in [0.15, 0.2) is 0 Å². The van der Waals surface area contributed by atoms with E-state index >= 15 is 0 Å². The predicted octanol–water partition coefficient (Wildman–Crippen LogP) is 4.75. The van der Waals surface area contributed by atoms with Gasteiger partial charge in [-0.15, -0.1) is 0 Å². The van der Waals surface area contributed by atoms with E-state index in [1.54, 1.807) is 0 Å². The van der Waals surface area contributed by atoms with Crippen molar-refractivity contribution in [2.75, 3.05) is 11.9 Å². The number of anilines is 1. The van der Waals surface area contributed by atoms with Gasteiger partial charge in [0.25, 0.3) is 0 Å². The molecule has 4 nitrogen and oxygen atoms in total. The Balaban J connectivity index is 1.58. The zero-order valence-electron chi connectivity index (χ0n) is 17.2. The molecule has 152 valence electrons. The van der Waals surface area contributed by atoms with Crippen molar-refractivity contribution >= 4 is 17.5 Å². The van der Waals surface area contributed by atoms with Gasteiger partial charge in [-0.05, 0) is 40.8 Å². The van der Waals surface area contributed by atoms with Gasteiger partial charge in [-0.1, -0.05) is 73.7 Å². The monoisotopic (exact) mass is 398 g/mol. The van der Waals surface area contributed by atoms with E-state index in [0.717, 1.165) is 35.3 Å². The largest absolute Gasteiger partial charge is 0.338 e. The molecule has 30 heavy (non-hydrogen) atoms. The fraction of sp³-hybridized carbons (Fsp3) is 0.231. The Bertz CT molecular complexity index is 992. The van der Waals surface area contributed by atoms with Crippen LogP contribution in [0.2, 0.25) is 0 Å². The third-order valence-corrected chi connectivity index (χ3v) is 5.67. The molecule has 3 aromatic rings. The topological polar surface area (TPSA) is 49.4 Å². The number of nitrogens with zero attached hydrogens (tertiary/aromatic N) is 1. The van der Waals surface area contributed by atoms with Gasteiger partial charge in [0.2, 0.25) is 11.8 Å². The highest BCUT2D eigenvalue weighted by Gasteiger charge is 2.24. The summed E-state index contributed by atoms with van der Waals surface area (Å²) in [6.07, 6.45) is 1.37. The van der Waals surface area contributed by atoms with Gasteiger partial charge in [0, 0.05) is 25.2 Å². The number of rotatable bonds is 5. The number of carbonyl (C=O) groups excluding carboxylic acids is 2. The van der Waals surface area contributed by atoms with Gasteiger partial charge in [0.05, 0.1) is 5.92 Å². The van der Waals surface area contributed by atoms with Crippen molar-refractivity contribution in [3.8, 4) is 0 Å². The lowest BCUT2D eigenvalue weighted by Gasteiger charge is -2.29. The van der Waals surface area contributed by atoms with E-state index in [4.69, 9.17) is 0 Å². The van der Waals surface area contributed by atoms with E-state index in [-0.39, 0.29) is 17.7 Å². The van der Waals surface area contributed by atoms with Crippen LogP contribution in [0.4, 0.5) is 5.69 Å². The minimum absolute atomic E-state index is 0.0651. The van der Waals surface area contributed by atoms with Crippen molar-refractivity contribution in [1.29, 1.82) is 0 Å². The summed E-state index contributed by atoms with van der Waals surface area (Å²) in [5.74, 6) is -0.283. The highest BCUT2D eigenvalue weighted by atomic mass is 16.2. The van der Waals surface area contributed by atoms with E-state index < -0.39 is 0 Å². The summed E-state index contributed by atoms with van der Waals surface area (Å²) in [4.78, 5) is 27.3. The number of amides is 2. The molecular formula is C26H26N2O2. The van der Waals surface area contributed by atoms with Crippen molar-refractivity contribution in [3.05, 3.63) is 101 Å². The van der Waals surface area contributed by atoms with Gasteiger partial charge in [-0.25, -0.2) is 0 Å². The lowest BCUT2D eigenvalue weighted by Crippen LogP contribution is -2.35. The molecule has 0 fully saturated rings. The summed E-state index contributed by atoms with van der Waals surface area (Å²) >= 11 is 0. The first kappa shape index (κ1) is 19.9. The van der Waals surface area contributed by atoms with Gasteiger partial charge in [-0.2, -0.15) is 0 Å². The Morgan fingerprint density at radius 2 is 1.53 bits per heavy atom. The van der Waals surface area contributed by atoms with Gasteiger partial charge in [-0.3, -0.25) is 9.59 Å². The summed E-state index contributed by atoms with van der Waals surface area (Å²) in [5.41, 5.74) is 5.03. The van der Waals surface area contributed by atoms with Crippen LogP contribution in [0.3, 0.4) is 0 Å². The Hall–Kier alpha value is -3.40. The van der Waals surface area contributed by atoms with Crippen LogP contribution in [-0.2, 0) is 22.6 Å². The Morgan fingerprint density at radius 1 is 0.900 bits per heavy atom. The minimum Gasteiger partial charge on any atom is -0.338 e. The first-order chi connectivity index (χ1) is 14.7. The molecule has 1 aliphatic rings. The van der Waals surface area contributed by atoms with Crippen LogP contribution in [0.25, 0.3) is 0 Å². The van der Waals surface area contributed by atoms with E-state index in [2.05, 4.69) is 11.4 Å². The molecule has 0 saturated carbocycles. The van der Waals surface area contributed by atoms with E-state index in [9.17, 15) is 9.59 Å². The van der Waals surface area contributed by atoms with Crippen molar-refractivity contribution in [1.82, 2.24) is 4.90 Å². The highest BCUT2D eigenvalue weighted by molar-refractivity contribution is 5.98. The van der Waals surface area contributed by atoms with Crippen LogP contribution in [0.1, 0.15) is 41.5 Å². The van der Waals surface area contributed by atoms with Crippen LogP contribution in [0.15, 0.2) is 78.9 Å². The first-order valence-corrected chi connectivity index (χ1v) is 10.5. The number of carbonyl (C=O) groups is 2. The van der Waals surface area contributed by atoms with Gasteiger partial charge < -0.3 is 10.2 Å². The second kappa shape index (κ2) is 8.95. The SMILES string of the molecule is CCC(=O)N1CCc2ccc(NC(=O)C(c3ccccc3)c3ccccc3)cc2C1. The summed E-state index contributed by atoms with van der Waals surface area (Å²) in [6.45, 7) is 3.25. The molecule has 0 aromatic heterocycles. The first-order valence-electron chi connectivity index (χ1n) is 10.5. The number of hydrogen-bond acceptors (Lipinski definition) is 2. The molecular weight excluding hydrogens is 372 g/mol. The molecule has 1 N–H and O–H groups in total. The molecule has 0 saturated heterocycles. The van der Waals surface area contributed by atoms with E-state index in [1.807, 2.05) is 84.6 Å². The summed E-state index contributed by atoms with van der Waals surface area (Å²) in [6, 6.07) is 25.7. The second-order valence-corrected chi connectivity index (χ2v) is 7.65. The fourth-order valence-corrected chi connectivity index (χ4v) is 4.07. The lowest BCUT2D eigenvalue weighted by atomic mass is 9.90. The maximum absolute atomic E-state index is 13.3. The Morgan fingerprint density at radius 3 is 2.13 bits per heavy atom. The molecule has 0 atom stereocenters. The smallest absolute Gasteiger partial charge is 0.236 e. The van der Waals surface area contributed by atoms with Crippen molar-refractivity contribution in [2.24, 2.45) is 0 Å². The molecule has 0 radical (unpaired) electrons. The van der Waals surface area contributed by atoms with Crippen LogP contribution < -0.4 is 5.32 Å². The molecule has 4 heteroatoms. The maximum Gasteiger partial charge on any atom is 0.236 e. The number of benzene rings is 3. The van der Waals surface area contributed by atoms with Crippen molar-refractivity contribution < 1.29 is 9.59 Å². The summed E-state index contributed by atoms with van der Waals surface area (Å²) in [7, 11) is 0. The third kappa shape index (κ3) is 4.28. The lowest BCUT2D eigenvalue weighted by molar-refractivity contribution is -0.131. The average Bonchev–Trinajstić information content (AvgIpc) is 2.79. The molecule has 0 bridgehead atoms. The van der Waals surface area contributed by atoms with E-state index in [0.29, 0.717) is 13.0 Å². The molecule has 3 aromatic carbocycles. The van der Waals surface area contributed by atoms with Gasteiger partial charge in [0.1, 0.15) is 0 Å². The maximum atomic E-state index is 13.3. The normalized spacial score (nSPS) is 13.1. The van der Waals surface area contributed by atoms with Gasteiger partial charge >= 0.3 is 0 Å². The molecule has 0 spiro atoms. The summed E-state index contributed by atoms with van der Waals surface area (Å²) in [5, 5.41) is 3.10. The fourth-order valence-electron chi connectivity index (χ4n) is 4.07. The Kier molecular flexibility index (Phi) is 5.94. The third-order valence-electron chi connectivity index (χ3n) is 5.67. The molecule has 1 aliphatic heterocycles. The predicted molar refractivity (Wildman–Crippen MR) is 119 cm³/mol. The molecule has 2 amide bonds. The highest BCUT2D eigenvalue weighted by Crippen LogP contribution is 2.28. The quantitative estimate of drug-likeness (QED) is 0.674. The Labute approximate surface area is 177 Å². The zero-order chi connectivity index (χ0) is 20.9. The number of nitrogens with one attached hydrogen (secondary N) is 1. The number of fused-ring (bicyclic) bond motifs is 1. The molecule has 0 unspecified atom stereocenters.